The highest BCUT2D eigenvalue weighted by Gasteiger charge is 2.22. The molecule has 0 saturated carbocycles. The van der Waals surface area contributed by atoms with Crippen LogP contribution in [0.3, 0.4) is 0 Å². The minimum absolute atomic E-state index is 0.404. The van der Waals surface area contributed by atoms with Gasteiger partial charge in [-0.15, -0.1) is 0 Å². The van der Waals surface area contributed by atoms with Crippen molar-refractivity contribution in [3.05, 3.63) is 29.3 Å². The topological polar surface area (TPSA) is 6.48 Å². The Bertz CT molecular complexity index is 423. The van der Waals surface area contributed by atoms with Gasteiger partial charge in [0.05, 0.1) is 0 Å². The molecule has 1 saturated heterocycles. The number of aryl methyl sites for hydroxylation is 1. The zero-order valence-corrected chi connectivity index (χ0v) is 13.2. The molecule has 106 valence electrons. The third-order valence-electron chi connectivity index (χ3n) is 3.99. The first kappa shape index (κ1) is 14.4. The summed E-state index contributed by atoms with van der Waals surface area (Å²) < 4.78 is 0. The third kappa shape index (κ3) is 3.73. The van der Waals surface area contributed by atoms with Crippen molar-refractivity contribution in [1.29, 1.82) is 0 Å². The van der Waals surface area contributed by atoms with E-state index in [2.05, 4.69) is 62.6 Å². The molecule has 1 aliphatic rings. The molecule has 0 atom stereocenters. The summed E-state index contributed by atoms with van der Waals surface area (Å²) in [7, 11) is 0. The molecule has 1 fully saturated rings. The highest BCUT2D eigenvalue weighted by Crippen LogP contribution is 2.24. The summed E-state index contributed by atoms with van der Waals surface area (Å²) >= 11 is 0. The Kier molecular flexibility index (Phi) is 4.19. The van der Waals surface area contributed by atoms with Crippen LogP contribution in [0.25, 0.3) is 0 Å². The summed E-state index contributed by atoms with van der Waals surface area (Å²) in [6.45, 7) is 17.3. The van der Waals surface area contributed by atoms with Crippen LogP contribution in [-0.2, 0) is 0 Å². The van der Waals surface area contributed by atoms with Crippen molar-refractivity contribution in [2.45, 2.75) is 34.6 Å². The minimum Gasteiger partial charge on any atom is -0.369 e. The molecule has 1 aromatic rings. The monoisotopic (exact) mass is 260 g/mol. The van der Waals surface area contributed by atoms with Crippen LogP contribution in [0.4, 0.5) is 5.69 Å². The first-order valence-corrected chi connectivity index (χ1v) is 7.40. The summed E-state index contributed by atoms with van der Waals surface area (Å²) in [6, 6.07) is 6.65. The second kappa shape index (κ2) is 5.54. The Morgan fingerprint density at radius 3 is 2.21 bits per heavy atom. The molecule has 0 amide bonds. The van der Waals surface area contributed by atoms with Crippen molar-refractivity contribution in [2.24, 2.45) is 5.41 Å². The van der Waals surface area contributed by atoms with Gasteiger partial charge in [-0.05, 0) is 36.5 Å². The predicted octanol–water partition coefficient (Wildman–Crippen LogP) is 3.47. The largest absolute Gasteiger partial charge is 0.369 e. The highest BCUT2D eigenvalue weighted by atomic mass is 15.3. The molecule has 1 heterocycles. The minimum atomic E-state index is 0.404. The number of anilines is 1. The van der Waals surface area contributed by atoms with E-state index in [1.54, 1.807) is 0 Å². The van der Waals surface area contributed by atoms with Crippen LogP contribution in [0.15, 0.2) is 18.2 Å². The van der Waals surface area contributed by atoms with Gasteiger partial charge in [0.25, 0.3) is 0 Å². The molecule has 2 nitrogen and oxygen atoms in total. The van der Waals surface area contributed by atoms with Crippen molar-refractivity contribution in [3.8, 4) is 0 Å². The van der Waals surface area contributed by atoms with Crippen LogP contribution in [0, 0.1) is 19.3 Å². The Balaban J connectivity index is 1.98. The van der Waals surface area contributed by atoms with Gasteiger partial charge in [-0.25, -0.2) is 0 Å². The normalized spacial score (nSPS) is 17.8. The summed E-state index contributed by atoms with van der Waals surface area (Å²) in [5, 5.41) is 0. The van der Waals surface area contributed by atoms with Gasteiger partial charge in [-0.3, -0.25) is 4.90 Å². The Morgan fingerprint density at radius 2 is 1.63 bits per heavy atom. The van der Waals surface area contributed by atoms with E-state index in [0.717, 1.165) is 13.1 Å². The second-order valence-electron chi connectivity index (χ2n) is 7.04. The maximum atomic E-state index is 2.60. The Labute approximate surface area is 118 Å². The lowest BCUT2D eigenvalue weighted by Gasteiger charge is -2.39. The zero-order chi connectivity index (χ0) is 14.0. The molecular formula is C17H28N2. The molecule has 0 bridgehead atoms. The van der Waals surface area contributed by atoms with Gasteiger partial charge >= 0.3 is 0 Å². The van der Waals surface area contributed by atoms with Crippen LogP contribution in [0.1, 0.15) is 31.9 Å². The third-order valence-corrected chi connectivity index (χ3v) is 3.99. The average molecular weight is 260 g/mol. The lowest BCUT2D eigenvalue weighted by molar-refractivity contribution is 0.182. The second-order valence-corrected chi connectivity index (χ2v) is 7.04. The van der Waals surface area contributed by atoms with Gasteiger partial charge in [0.15, 0.2) is 0 Å². The summed E-state index contributed by atoms with van der Waals surface area (Å²) in [4.78, 5) is 5.14. The van der Waals surface area contributed by atoms with Gasteiger partial charge in [0.1, 0.15) is 0 Å². The van der Waals surface area contributed by atoms with E-state index < -0.39 is 0 Å². The van der Waals surface area contributed by atoms with Crippen LogP contribution in [-0.4, -0.2) is 37.6 Å². The number of hydrogen-bond donors (Lipinski definition) is 0. The molecule has 0 radical (unpaired) electrons. The van der Waals surface area contributed by atoms with Gasteiger partial charge in [0.2, 0.25) is 0 Å². The fraction of sp³-hybridized carbons (Fsp3) is 0.647. The molecule has 0 unspecified atom stereocenters. The van der Waals surface area contributed by atoms with Crippen molar-refractivity contribution < 1.29 is 0 Å². The SMILES string of the molecule is Cc1cccc(N2CCN(CC(C)(C)C)CC2)c1C. The molecule has 19 heavy (non-hydrogen) atoms. The summed E-state index contributed by atoms with van der Waals surface area (Å²) in [5.74, 6) is 0. The predicted molar refractivity (Wildman–Crippen MR) is 84.0 cm³/mol. The molecule has 1 aromatic carbocycles. The molecular weight excluding hydrogens is 232 g/mol. The summed E-state index contributed by atoms with van der Waals surface area (Å²) in [6.07, 6.45) is 0. The highest BCUT2D eigenvalue weighted by molar-refractivity contribution is 5.56. The van der Waals surface area contributed by atoms with Crippen molar-refractivity contribution >= 4 is 5.69 Å². The maximum Gasteiger partial charge on any atom is 0.0399 e. The summed E-state index contributed by atoms with van der Waals surface area (Å²) in [5.41, 5.74) is 4.67. The fourth-order valence-corrected chi connectivity index (χ4v) is 2.90. The van der Waals surface area contributed by atoms with E-state index in [9.17, 15) is 0 Å². The van der Waals surface area contributed by atoms with Gasteiger partial charge in [-0.1, -0.05) is 32.9 Å². The smallest absolute Gasteiger partial charge is 0.0399 e. The number of piperazine rings is 1. The molecule has 0 spiro atoms. The van der Waals surface area contributed by atoms with Crippen LogP contribution in [0.5, 0.6) is 0 Å². The zero-order valence-electron chi connectivity index (χ0n) is 13.2. The quantitative estimate of drug-likeness (QED) is 0.803. The van der Waals surface area contributed by atoms with Crippen LogP contribution >= 0.6 is 0 Å². The number of hydrogen-bond acceptors (Lipinski definition) is 2. The molecule has 0 N–H and O–H groups in total. The van der Waals surface area contributed by atoms with Gasteiger partial charge < -0.3 is 4.90 Å². The molecule has 0 aliphatic carbocycles. The first-order valence-electron chi connectivity index (χ1n) is 7.40. The van der Waals surface area contributed by atoms with Gasteiger partial charge in [0, 0.05) is 38.4 Å². The lowest BCUT2D eigenvalue weighted by atomic mass is 9.95. The number of nitrogens with zero attached hydrogens (tertiary/aromatic N) is 2. The maximum absolute atomic E-state index is 2.60. The number of rotatable bonds is 2. The van der Waals surface area contributed by atoms with Crippen molar-refractivity contribution in [2.75, 3.05) is 37.6 Å². The fourth-order valence-electron chi connectivity index (χ4n) is 2.90. The molecule has 2 rings (SSSR count). The molecule has 1 aliphatic heterocycles. The Hall–Kier alpha value is -1.02. The van der Waals surface area contributed by atoms with Gasteiger partial charge in [-0.2, -0.15) is 0 Å². The standard InChI is InChI=1S/C17H28N2/c1-14-7-6-8-16(15(14)2)19-11-9-18(10-12-19)13-17(3,4)5/h6-8H,9-13H2,1-5H3. The van der Waals surface area contributed by atoms with E-state index in [1.807, 2.05) is 0 Å². The molecule has 0 aromatic heterocycles. The van der Waals surface area contributed by atoms with Crippen LogP contribution in [0.2, 0.25) is 0 Å². The van der Waals surface area contributed by atoms with Crippen molar-refractivity contribution in [1.82, 2.24) is 4.90 Å². The Morgan fingerprint density at radius 1 is 1.00 bits per heavy atom. The van der Waals surface area contributed by atoms with E-state index in [1.165, 1.54) is 36.4 Å². The number of benzene rings is 1. The van der Waals surface area contributed by atoms with E-state index >= 15 is 0 Å². The lowest BCUT2D eigenvalue weighted by Crippen LogP contribution is -2.48. The van der Waals surface area contributed by atoms with Crippen LogP contribution < -0.4 is 4.90 Å². The van der Waals surface area contributed by atoms with Crippen molar-refractivity contribution in [3.63, 3.8) is 0 Å². The van der Waals surface area contributed by atoms with E-state index in [-0.39, 0.29) is 0 Å². The van der Waals surface area contributed by atoms with E-state index in [4.69, 9.17) is 0 Å². The average Bonchev–Trinajstić information content (AvgIpc) is 2.32. The van der Waals surface area contributed by atoms with E-state index in [0.29, 0.717) is 5.41 Å². The first-order chi connectivity index (χ1) is 8.87. The molecule has 2 heteroatoms.